The van der Waals surface area contributed by atoms with Gasteiger partial charge in [0.05, 0.1) is 0 Å². The van der Waals surface area contributed by atoms with Crippen LogP contribution >= 0.6 is 0 Å². The Bertz CT molecular complexity index is 514. The zero-order valence-electron chi connectivity index (χ0n) is 10.3. The molecule has 0 aliphatic rings. The molecule has 0 bridgehead atoms. The molecule has 88 valence electrons. The van der Waals surface area contributed by atoms with Crippen LogP contribution in [0.25, 0.3) is 10.8 Å². The average molecular weight is 226 g/mol. The number of hydrogen-bond acceptors (Lipinski definition) is 1. The van der Waals surface area contributed by atoms with Crippen molar-refractivity contribution in [3.63, 3.8) is 0 Å². The Hall–Kier alpha value is -1.63. The number of rotatable bonds is 5. The molecule has 0 aliphatic carbocycles. The van der Waals surface area contributed by atoms with Gasteiger partial charge in [0, 0.05) is 12.8 Å². The van der Waals surface area contributed by atoms with Crippen LogP contribution in [-0.2, 0) is 11.2 Å². The molecule has 2 rings (SSSR count). The molecule has 0 amide bonds. The standard InChI is InChI=1S/C16H18O/c1-2-3-8-16(17)12-13-9-10-14-6-4-5-7-15(14)11-13/h4-7,9-11H,2-3,8,12H2,1H3. The smallest absolute Gasteiger partial charge is 0.137 e. The van der Waals surface area contributed by atoms with Gasteiger partial charge in [-0.2, -0.15) is 0 Å². The third-order valence-corrected chi connectivity index (χ3v) is 3.02. The van der Waals surface area contributed by atoms with Crippen LogP contribution in [0.4, 0.5) is 0 Å². The van der Waals surface area contributed by atoms with E-state index in [0.29, 0.717) is 18.6 Å². The van der Waals surface area contributed by atoms with Crippen LogP contribution in [0.3, 0.4) is 0 Å². The van der Waals surface area contributed by atoms with Crippen molar-refractivity contribution in [3.8, 4) is 0 Å². The van der Waals surface area contributed by atoms with Crippen molar-refractivity contribution < 1.29 is 4.79 Å². The maximum Gasteiger partial charge on any atom is 0.137 e. The molecule has 0 radical (unpaired) electrons. The van der Waals surface area contributed by atoms with Crippen molar-refractivity contribution in [2.45, 2.75) is 32.6 Å². The van der Waals surface area contributed by atoms with Crippen LogP contribution in [0.1, 0.15) is 31.7 Å². The number of carbonyl (C=O) groups excluding carboxylic acids is 1. The minimum absolute atomic E-state index is 0.349. The summed E-state index contributed by atoms with van der Waals surface area (Å²) >= 11 is 0. The Morgan fingerprint density at radius 3 is 2.59 bits per heavy atom. The summed E-state index contributed by atoms with van der Waals surface area (Å²) in [5.74, 6) is 0.349. The largest absolute Gasteiger partial charge is 0.299 e. The van der Waals surface area contributed by atoms with E-state index in [0.717, 1.165) is 18.4 Å². The fourth-order valence-corrected chi connectivity index (χ4v) is 2.04. The number of fused-ring (bicyclic) bond motifs is 1. The lowest BCUT2D eigenvalue weighted by molar-refractivity contribution is -0.118. The van der Waals surface area contributed by atoms with E-state index < -0.39 is 0 Å². The van der Waals surface area contributed by atoms with E-state index >= 15 is 0 Å². The number of Topliss-reactive ketones (excluding diaryl/α,β-unsaturated/α-hetero) is 1. The molecule has 0 saturated carbocycles. The first-order valence-corrected chi connectivity index (χ1v) is 6.29. The van der Waals surface area contributed by atoms with Gasteiger partial charge in [0.25, 0.3) is 0 Å². The molecule has 0 N–H and O–H groups in total. The van der Waals surface area contributed by atoms with Gasteiger partial charge < -0.3 is 0 Å². The molecule has 0 aliphatic heterocycles. The van der Waals surface area contributed by atoms with Gasteiger partial charge in [-0.3, -0.25) is 4.79 Å². The number of carbonyl (C=O) groups is 1. The molecule has 17 heavy (non-hydrogen) atoms. The van der Waals surface area contributed by atoms with Crippen molar-refractivity contribution >= 4 is 16.6 Å². The zero-order valence-corrected chi connectivity index (χ0v) is 10.3. The van der Waals surface area contributed by atoms with E-state index in [9.17, 15) is 4.79 Å². The first-order valence-electron chi connectivity index (χ1n) is 6.29. The topological polar surface area (TPSA) is 17.1 Å². The van der Waals surface area contributed by atoms with E-state index in [4.69, 9.17) is 0 Å². The average Bonchev–Trinajstić information content (AvgIpc) is 2.36. The number of ketones is 1. The second-order valence-electron chi connectivity index (χ2n) is 4.50. The monoisotopic (exact) mass is 226 g/mol. The van der Waals surface area contributed by atoms with Gasteiger partial charge in [-0.1, -0.05) is 55.8 Å². The van der Waals surface area contributed by atoms with Crippen molar-refractivity contribution in [3.05, 3.63) is 48.0 Å². The van der Waals surface area contributed by atoms with Crippen LogP contribution in [0, 0.1) is 0 Å². The predicted molar refractivity (Wildman–Crippen MR) is 72.2 cm³/mol. The van der Waals surface area contributed by atoms with Gasteiger partial charge in [0.2, 0.25) is 0 Å². The normalized spacial score (nSPS) is 10.6. The van der Waals surface area contributed by atoms with Crippen LogP contribution in [0.2, 0.25) is 0 Å². The molecule has 0 fully saturated rings. The summed E-state index contributed by atoms with van der Waals surface area (Å²) < 4.78 is 0. The minimum Gasteiger partial charge on any atom is -0.299 e. The molecular formula is C16H18O. The van der Waals surface area contributed by atoms with Gasteiger partial charge in [0.15, 0.2) is 0 Å². The molecule has 1 heteroatoms. The summed E-state index contributed by atoms with van der Waals surface area (Å²) in [6.07, 6.45) is 3.38. The van der Waals surface area contributed by atoms with Crippen LogP contribution in [-0.4, -0.2) is 5.78 Å². The summed E-state index contributed by atoms with van der Waals surface area (Å²) in [4.78, 5) is 11.7. The lowest BCUT2D eigenvalue weighted by Gasteiger charge is -2.03. The summed E-state index contributed by atoms with van der Waals surface area (Å²) in [7, 11) is 0. The van der Waals surface area contributed by atoms with Gasteiger partial charge in [-0.25, -0.2) is 0 Å². The molecule has 0 spiro atoms. The Morgan fingerprint density at radius 2 is 1.82 bits per heavy atom. The minimum atomic E-state index is 0.349. The fourth-order valence-electron chi connectivity index (χ4n) is 2.04. The van der Waals surface area contributed by atoms with Gasteiger partial charge in [-0.15, -0.1) is 0 Å². The first kappa shape index (κ1) is 11.8. The fraction of sp³-hybridized carbons (Fsp3) is 0.312. The molecule has 0 heterocycles. The van der Waals surface area contributed by atoms with Gasteiger partial charge >= 0.3 is 0 Å². The maximum atomic E-state index is 11.7. The number of benzene rings is 2. The summed E-state index contributed by atoms with van der Waals surface area (Å²) in [5.41, 5.74) is 1.13. The second-order valence-corrected chi connectivity index (χ2v) is 4.50. The van der Waals surface area contributed by atoms with E-state index in [1.54, 1.807) is 0 Å². The quantitative estimate of drug-likeness (QED) is 0.748. The molecule has 2 aromatic rings. The van der Waals surface area contributed by atoms with Crippen LogP contribution in [0.5, 0.6) is 0 Å². The van der Waals surface area contributed by atoms with E-state index in [1.165, 1.54) is 10.8 Å². The van der Waals surface area contributed by atoms with Crippen molar-refractivity contribution in [1.82, 2.24) is 0 Å². The van der Waals surface area contributed by atoms with Crippen molar-refractivity contribution in [2.75, 3.05) is 0 Å². The Balaban J connectivity index is 2.11. The third kappa shape index (κ3) is 3.16. The van der Waals surface area contributed by atoms with E-state index in [2.05, 4.69) is 37.3 Å². The van der Waals surface area contributed by atoms with E-state index in [-0.39, 0.29) is 0 Å². The Morgan fingerprint density at radius 1 is 1.06 bits per heavy atom. The third-order valence-electron chi connectivity index (χ3n) is 3.02. The van der Waals surface area contributed by atoms with Crippen molar-refractivity contribution in [2.24, 2.45) is 0 Å². The summed E-state index contributed by atoms with van der Waals surface area (Å²) in [5, 5.41) is 2.45. The SMILES string of the molecule is CCCCC(=O)Cc1ccc2ccccc2c1. The summed E-state index contributed by atoms with van der Waals surface area (Å²) in [6, 6.07) is 14.5. The van der Waals surface area contributed by atoms with Crippen LogP contribution < -0.4 is 0 Å². The number of hydrogen-bond donors (Lipinski definition) is 0. The zero-order chi connectivity index (χ0) is 12.1. The molecule has 0 saturated heterocycles. The molecule has 2 aromatic carbocycles. The molecular weight excluding hydrogens is 208 g/mol. The molecule has 0 atom stereocenters. The van der Waals surface area contributed by atoms with Gasteiger partial charge in [-0.05, 0) is 22.8 Å². The first-order chi connectivity index (χ1) is 8.29. The highest BCUT2D eigenvalue weighted by Crippen LogP contribution is 2.16. The molecule has 1 nitrogen and oxygen atoms in total. The predicted octanol–water partition coefficient (Wildman–Crippen LogP) is 4.14. The molecule has 0 aromatic heterocycles. The van der Waals surface area contributed by atoms with Crippen molar-refractivity contribution in [1.29, 1.82) is 0 Å². The summed E-state index contributed by atoms with van der Waals surface area (Å²) in [6.45, 7) is 2.11. The lowest BCUT2D eigenvalue weighted by Crippen LogP contribution is -2.02. The highest BCUT2D eigenvalue weighted by molar-refractivity contribution is 5.86. The van der Waals surface area contributed by atoms with Gasteiger partial charge in [0.1, 0.15) is 5.78 Å². The number of unbranched alkanes of at least 4 members (excludes halogenated alkanes) is 1. The second kappa shape index (κ2) is 5.62. The highest BCUT2D eigenvalue weighted by Gasteiger charge is 2.03. The lowest BCUT2D eigenvalue weighted by atomic mass is 10.0. The highest BCUT2D eigenvalue weighted by atomic mass is 16.1. The van der Waals surface area contributed by atoms with E-state index in [1.807, 2.05) is 12.1 Å². The Labute approximate surface area is 102 Å². The maximum absolute atomic E-state index is 11.7. The Kier molecular flexibility index (Phi) is 3.92. The van der Waals surface area contributed by atoms with Crippen LogP contribution in [0.15, 0.2) is 42.5 Å². The molecule has 0 unspecified atom stereocenters.